The summed E-state index contributed by atoms with van der Waals surface area (Å²) in [6, 6.07) is 23.5. The van der Waals surface area contributed by atoms with E-state index >= 15 is 0 Å². The predicted molar refractivity (Wildman–Crippen MR) is 86.5 cm³/mol. The van der Waals surface area contributed by atoms with Gasteiger partial charge in [-0.25, -0.2) is 0 Å². The Balaban J connectivity index is 2.07. The maximum atomic E-state index is 3.56. The van der Waals surface area contributed by atoms with E-state index in [1.54, 1.807) is 0 Å². The average Bonchev–Trinajstić information content (AvgIpc) is 2.93. The third kappa shape index (κ3) is 1.39. The molecular formula is C19H13N2+. The smallest absolute Gasteiger partial charge is 0.235 e. The van der Waals surface area contributed by atoms with Crippen LogP contribution in [0.3, 0.4) is 0 Å². The molecule has 0 atom stereocenters. The Labute approximate surface area is 121 Å². The van der Waals surface area contributed by atoms with Crippen molar-refractivity contribution in [2.75, 3.05) is 0 Å². The van der Waals surface area contributed by atoms with Gasteiger partial charge in [0.2, 0.25) is 11.0 Å². The molecule has 2 heteroatoms. The highest BCUT2D eigenvalue weighted by Gasteiger charge is 2.14. The third-order valence-electron chi connectivity index (χ3n) is 4.27. The van der Waals surface area contributed by atoms with E-state index in [0.717, 1.165) is 0 Å². The summed E-state index contributed by atoms with van der Waals surface area (Å²) in [5.41, 5.74) is 4.83. The molecule has 2 nitrogen and oxygen atoms in total. The molecule has 21 heavy (non-hydrogen) atoms. The summed E-state index contributed by atoms with van der Waals surface area (Å²) in [6.07, 6.45) is 2.17. The SMILES string of the molecule is c1ccc2c(c1)ccc1c3[nH]c4ccccc4c3cc[n+]21. The largest absolute Gasteiger partial charge is 0.349 e. The molecule has 2 aromatic carbocycles. The topological polar surface area (TPSA) is 19.9 Å². The standard InChI is InChI=1S/C19H12N2/c1-4-8-17-13(5-1)9-10-18-19-15(11-12-21(17)18)14-6-2-3-7-16(14)20-19/h1-12H/p+1. The van der Waals surface area contributed by atoms with Crippen LogP contribution >= 0.6 is 0 Å². The van der Waals surface area contributed by atoms with E-state index in [1.807, 2.05) is 0 Å². The Hall–Kier alpha value is -2.87. The van der Waals surface area contributed by atoms with Gasteiger partial charge < -0.3 is 4.98 Å². The van der Waals surface area contributed by atoms with Crippen molar-refractivity contribution < 1.29 is 4.40 Å². The van der Waals surface area contributed by atoms with Gasteiger partial charge in [-0.2, -0.15) is 4.40 Å². The first kappa shape index (κ1) is 10.9. The minimum atomic E-state index is 1.19. The van der Waals surface area contributed by atoms with E-state index in [4.69, 9.17) is 0 Å². The van der Waals surface area contributed by atoms with E-state index in [9.17, 15) is 0 Å². The average molecular weight is 269 g/mol. The van der Waals surface area contributed by atoms with Crippen molar-refractivity contribution in [3.8, 4) is 0 Å². The van der Waals surface area contributed by atoms with Crippen molar-refractivity contribution in [3.63, 3.8) is 0 Å². The number of benzene rings is 2. The summed E-state index contributed by atoms with van der Waals surface area (Å²) in [4.78, 5) is 3.56. The highest BCUT2D eigenvalue weighted by atomic mass is 14.9. The molecule has 98 valence electrons. The molecular weight excluding hydrogens is 256 g/mol. The van der Waals surface area contributed by atoms with Crippen LogP contribution in [0.4, 0.5) is 0 Å². The fraction of sp³-hybridized carbons (Fsp3) is 0. The molecule has 1 N–H and O–H groups in total. The molecule has 0 aliphatic heterocycles. The molecule has 0 aliphatic rings. The lowest BCUT2D eigenvalue weighted by molar-refractivity contribution is -0.480. The number of aromatic amines is 1. The molecule has 0 radical (unpaired) electrons. The van der Waals surface area contributed by atoms with Crippen LogP contribution in [0, 0.1) is 0 Å². The number of fused-ring (bicyclic) bond motifs is 7. The highest BCUT2D eigenvalue weighted by molar-refractivity contribution is 6.11. The zero-order valence-corrected chi connectivity index (χ0v) is 11.4. The molecule has 3 heterocycles. The summed E-state index contributed by atoms with van der Waals surface area (Å²) in [5.74, 6) is 0. The maximum Gasteiger partial charge on any atom is 0.235 e. The number of nitrogens with zero attached hydrogens (tertiary/aromatic N) is 1. The summed E-state index contributed by atoms with van der Waals surface area (Å²) < 4.78 is 2.26. The van der Waals surface area contributed by atoms with Gasteiger partial charge in [-0.15, -0.1) is 0 Å². The fourth-order valence-electron chi connectivity index (χ4n) is 3.28. The Bertz CT molecular complexity index is 1140. The van der Waals surface area contributed by atoms with Gasteiger partial charge in [-0.3, -0.25) is 0 Å². The molecule has 5 rings (SSSR count). The van der Waals surface area contributed by atoms with E-state index in [0.29, 0.717) is 0 Å². The number of para-hydroxylation sites is 2. The van der Waals surface area contributed by atoms with Gasteiger partial charge in [0.1, 0.15) is 5.52 Å². The first-order valence-electron chi connectivity index (χ1n) is 7.14. The Morgan fingerprint density at radius 1 is 0.667 bits per heavy atom. The lowest BCUT2D eigenvalue weighted by atomic mass is 10.1. The minimum absolute atomic E-state index is 1.19. The Morgan fingerprint density at radius 3 is 2.52 bits per heavy atom. The van der Waals surface area contributed by atoms with Crippen molar-refractivity contribution in [3.05, 3.63) is 72.9 Å². The first-order valence-corrected chi connectivity index (χ1v) is 7.14. The van der Waals surface area contributed by atoms with Crippen LogP contribution in [0.1, 0.15) is 0 Å². The number of nitrogens with one attached hydrogen (secondary N) is 1. The molecule has 0 unspecified atom stereocenters. The van der Waals surface area contributed by atoms with Crippen LogP contribution in [-0.4, -0.2) is 4.98 Å². The normalized spacial score (nSPS) is 11.8. The number of H-pyrrole nitrogens is 1. The van der Waals surface area contributed by atoms with E-state index in [-0.39, 0.29) is 0 Å². The second-order valence-corrected chi connectivity index (χ2v) is 5.42. The number of hydrogen-bond donors (Lipinski definition) is 1. The van der Waals surface area contributed by atoms with Crippen molar-refractivity contribution in [2.24, 2.45) is 0 Å². The van der Waals surface area contributed by atoms with Gasteiger partial charge in [0.25, 0.3) is 0 Å². The van der Waals surface area contributed by atoms with Crippen LogP contribution in [0.15, 0.2) is 72.9 Å². The van der Waals surface area contributed by atoms with Gasteiger partial charge in [-0.05, 0) is 18.2 Å². The van der Waals surface area contributed by atoms with Crippen molar-refractivity contribution in [1.29, 1.82) is 0 Å². The van der Waals surface area contributed by atoms with Gasteiger partial charge in [0.15, 0.2) is 6.20 Å². The number of aromatic nitrogens is 2. The van der Waals surface area contributed by atoms with Crippen molar-refractivity contribution >= 4 is 38.2 Å². The molecule has 0 fully saturated rings. The first-order chi connectivity index (χ1) is 10.4. The number of hydrogen-bond acceptors (Lipinski definition) is 0. The molecule has 3 aromatic heterocycles. The number of pyridine rings is 2. The second-order valence-electron chi connectivity index (χ2n) is 5.42. The molecule has 0 saturated heterocycles. The molecule has 0 amide bonds. The van der Waals surface area contributed by atoms with Crippen LogP contribution < -0.4 is 4.40 Å². The fourth-order valence-corrected chi connectivity index (χ4v) is 3.28. The van der Waals surface area contributed by atoms with Crippen LogP contribution in [-0.2, 0) is 0 Å². The number of rotatable bonds is 0. The highest BCUT2D eigenvalue weighted by Crippen LogP contribution is 2.27. The lowest BCUT2D eigenvalue weighted by Crippen LogP contribution is -2.22. The van der Waals surface area contributed by atoms with Crippen LogP contribution in [0.5, 0.6) is 0 Å². The zero-order chi connectivity index (χ0) is 13.8. The molecule has 0 spiro atoms. The quantitative estimate of drug-likeness (QED) is 0.321. The van der Waals surface area contributed by atoms with Crippen molar-refractivity contribution in [2.45, 2.75) is 0 Å². The Kier molecular flexibility index (Phi) is 1.98. The summed E-state index contributed by atoms with van der Waals surface area (Å²) in [5, 5.41) is 3.81. The van der Waals surface area contributed by atoms with Gasteiger partial charge in [0.05, 0.1) is 0 Å². The van der Waals surface area contributed by atoms with E-state index in [2.05, 4.69) is 82.3 Å². The predicted octanol–water partition coefficient (Wildman–Crippen LogP) is 4.21. The summed E-state index contributed by atoms with van der Waals surface area (Å²) >= 11 is 0. The maximum absolute atomic E-state index is 3.56. The van der Waals surface area contributed by atoms with Gasteiger partial charge >= 0.3 is 0 Å². The molecule has 5 aromatic rings. The monoisotopic (exact) mass is 269 g/mol. The van der Waals surface area contributed by atoms with Crippen LogP contribution in [0.2, 0.25) is 0 Å². The lowest BCUT2D eigenvalue weighted by Gasteiger charge is -1.98. The Morgan fingerprint density at radius 2 is 1.52 bits per heavy atom. The third-order valence-corrected chi connectivity index (χ3v) is 4.27. The van der Waals surface area contributed by atoms with Crippen LogP contribution in [0.25, 0.3) is 38.2 Å². The van der Waals surface area contributed by atoms with Gasteiger partial charge in [-0.1, -0.05) is 30.3 Å². The summed E-state index contributed by atoms with van der Waals surface area (Å²) in [7, 11) is 0. The second kappa shape index (κ2) is 3.83. The molecule has 0 bridgehead atoms. The molecule has 0 saturated carbocycles. The van der Waals surface area contributed by atoms with Crippen molar-refractivity contribution in [1.82, 2.24) is 4.98 Å². The van der Waals surface area contributed by atoms with E-state index < -0.39 is 0 Å². The minimum Gasteiger partial charge on any atom is -0.349 e. The molecule has 0 aliphatic carbocycles. The van der Waals surface area contributed by atoms with Gasteiger partial charge in [0, 0.05) is 39.9 Å². The zero-order valence-electron chi connectivity index (χ0n) is 11.4. The summed E-state index contributed by atoms with van der Waals surface area (Å²) in [6.45, 7) is 0. The van der Waals surface area contributed by atoms with E-state index in [1.165, 1.54) is 38.2 Å².